The molecule has 108 valence electrons. The Morgan fingerprint density at radius 3 is 2.67 bits per heavy atom. The van der Waals surface area contributed by atoms with Gasteiger partial charge in [-0.15, -0.1) is 0 Å². The molecule has 3 nitrogen and oxygen atoms in total. The van der Waals surface area contributed by atoms with E-state index in [9.17, 15) is 5.11 Å². The van der Waals surface area contributed by atoms with Gasteiger partial charge in [-0.2, -0.15) is 0 Å². The van der Waals surface area contributed by atoms with Crippen LogP contribution < -0.4 is 5.32 Å². The van der Waals surface area contributed by atoms with Crippen molar-refractivity contribution >= 4 is 0 Å². The highest BCUT2D eigenvalue weighted by molar-refractivity contribution is 4.92. The number of hydrogen-bond donors (Lipinski definition) is 2. The largest absolute Gasteiger partial charge is 0.394 e. The molecule has 3 heteroatoms. The fourth-order valence-corrected chi connectivity index (χ4v) is 2.31. The summed E-state index contributed by atoms with van der Waals surface area (Å²) in [5, 5.41) is 13.0. The molecule has 0 saturated heterocycles. The normalized spacial score (nSPS) is 20.7. The van der Waals surface area contributed by atoms with E-state index in [2.05, 4.69) is 26.1 Å². The SMILES string of the molecule is CCCC(C)OCCCCC(C)(CO)NC1CC1. The Labute approximate surface area is 112 Å². The summed E-state index contributed by atoms with van der Waals surface area (Å²) >= 11 is 0. The van der Waals surface area contributed by atoms with Gasteiger partial charge in [0.2, 0.25) is 0 Å². The maximum absolute atomic E-state index is 9.48. The van der Waals surface area contributed by atoms with E-state index in [1.807, 2.05) is 0 Å². The van der Waals surface area contributed by atoms with Gasteiger partial charge in [-0.05, 0) is 52.4 Å². The second-order valence-electron chi connectivity index (χ2n) is 6.06. The molecular formula is C15H31NO2. The van der Waals surface area contributed by atoms with Gasteiger partial charge < -0.3 is 15.2 Å². The highest BCUT2D eigenvalue weighted by atomic mass is 16.5. The van der Waals surface area contributed by atoms with E-state index < -0.39 is 0 Å². The van der Waals surface area contributed by atoms with Gasteiger partial charge in [0.05, 0.1) is 12.7 Å². The van der Waals surface area contributed by atoms with E-state index in [0.717, 1.165) is 32.3 Å². The summed E-state index contributed by atoms with van der Waals surface area (Å²) in [6.07, 6.45) is 8.52. The van der Waals surface area contributed by atoms with Gasteiger partial charge in [-0.3, -0.25) is 0 Å². The van der Waals surface area contributed by atoms with Gasteiger partial charge in [-0.1, -0.05) is 13.3 Å². The molecule has 2 unspecified atom stereocenters. The van der Waals surface area contributed by atoms with Crippen LogP contribution in [0, 0.1) is 0 Å². The fraction of sp³-hybridized carbons (Fsp3) is 1.00. The smallest absolute Gasteiger partial charge is 0.0610 e. The zero-order valence-corrected chi connectivity index (χ0v) is 12.4. The van der Waals surface area contributed by atoms with Crippen LogP contribution in [0.2, 0.25) is 0 Å². The summed E-state index contributed by atoms with van der Waals surface area (Å²) in [5.74, 6) is 0. The second kappa shape index (κ2) is 8.13. The monoisotopic (exact) mass is 257 g/mol. The lowest BCUT2D eigenvalue weighted by atomic mass is 9.95. The van der Waals surface area contributed by atoms with Crippen LogP contribution in [0.3, 0.4) is 0 Å². The van der Waals surface area contributed by atoms with Crippen molar-refractivity contribution in [2.75, 3.05) is 13.2 Å². The third kappa shape index (κ3) is 6.72. The van der Waals surface area contributed by atoms with Crippen LogP contribution in [0.1, 0.15) is 65.7 Å². The van der Waals surface area contributed by atoms with Crippen molar-refractivity contribution in [2.24, 2.45) is 0 Å². The number of unbranched alkanes of at least 4 members (excludes halogenated alkanes) is 1. The molecule has 0 aromatic carbocycles. The molecule has 1 aliphatic carbocycles. The molecule has 0 aromatic heterocycles. The number of rotatable bonds is 11. The number of aliphatic hydroxyl groups is 1. The number of ether oxygens (including phenoxy) is 1. The molecule has 1 saturated carbocycles. The van der Waals surface area contributed by atoms with Crippen molar-refractivity contribution in [2.45, 2.75) is 83.4 Å². The van der Waals surface area contributed by atoms with E-state index in [0.29, 0.717) is 12.1 Å². The average molecular weight is 257 g/mol. The van der Waals surface area contributed by atoms with E-state index in [4.69, 9.17) is 4.74 Å². The Kier molecular flexibility index (Phi) is 7.20. The van der Waals surface area contributed by atoms with Crippen molar-refractivity contribution in [1.82, 2.24) is 5.32 Å². The lowest BCUT2D eigenvalue weighted by Crippen LogP contribution is -2.46. The van der Waals surface area contributed by atoms with Crippen molar-refractivity contribution in [1.29, 1.82) is 0 Å². The Balaban J connectivity index is 2.04. The maximum atomic E-state index is 9.48. The molecule has 0 bridgehead atoms. The van der Waals surface area contributed by atoms with Crippen LogP contribution in [-0.4, -0.2) is 36.0 Å². The molecule has 0 heterocycles. The minimum Gasteiger partial charge on any atom is -0.394 e. The first-order valence-electron chi connectivity index (χ1n) is 7.60. The molecule has 0 spiro atoms. The third-order valence-corrected chi connectivity index (χ3v) is 3.70. The standard InChI is InChI=1S/C15H31NO2/c1-4-7-13(2)18-11-6-5-10-15(3,12-17)16-14-8-9-14/h13-14,16-17H,4-12H2,1-3H3. The highest BCUT2D eigenvalue weighted by Gasteiger charge is 2.31. The van der Waals surface area contributed by atoms with Crippen LogP contribution in [0.5, 0.6) is 0 Å². The second-order valence-corrected chi connectivity index (χ2v) is 6.06. The molecule has 0 aliphatic heterocycles. The van der Waals surface area contributed by atoms with Gasteiger partial charge in [0.25, 0.3) is 0 Å². The molecular weight excluding hydrogens is 226 g/mol. The molecule has 1 rings (SSSR count). The summed E-state index contributed by atoms with van der Waals surface area (Å²) in [7, 11) is 0. The minimum absolute atomic E-state index is 0.0871. The van der Waals surface area contributed by atoms with Crippen molar-refractivity contribution in [3.05, 3.63) is 0 Å². The third-order valence-electron chi connectivity index (χ3n) is 3.70. The molecule has 0 radical (unpaired) electrons. The fourth-order valence-electron chi connectivity index (χ4n) is 2.31. The van der Waals surface area contributed by atoms with Crippen LogP contribution in [0.15, 0.2) is 0 Å². The van der Waals surface area contributed by atoms with E-state index in [1.54, 1.807) is 0 Å². The molecule has 1 aliphatic rings. The molecule has 18 heavy (non-hydrogen) atoms. The molecule has 2 N–H and O–H groups in total. The van der Waals surface area contributed by atoms with Crippen molar-refractivity contribution < 1.29 is 9.84 Å². The predicted octanol–water partition coefficient (Wildman–Crippen LogP) is 2.86. The Hall–Kier alpha value is -0.120. The number of aliphatic hydroxyl groups excluding tert-OH is 1. The summed E-state index contributed by atoms with van der Waals surface area (Å²) < 4.78 is 5.74. The van der Waals surface area contributed by atoms with Gasteiger partial charge in [-0.25, -0.2) is 0 Å². The first kappa shape index (κ1) is 15.9. The number of nitrogens with one attached hydrogen (secondary N) is 1. The summed E-state index contributed by atoms with van der Waals surface area (Å²) in [5.41, 5.74) is -0.0871. The summed E-state index contributed by atoms with van der Waals surface area (Å²) in [4.78, 5) is 0. The summed E-state index contributed by atoms with van der Waals surface area (Å²) in [6, 6.07) is 0.656. The molecule has 2 atom stereocenters. The van der Waals surface area contributed by atoms with Gasteiger partial charge in [0.15, 0.2) is 0 Å². The van der Waals surface area contributed by atoms with Gasteiger partial charge >= 0.3 is 0 Å². The summed E-state index contributed by atoms with van der Waals surface area (Å²) in [6.45, 7) is 7.56. The molecule has 0 aromatic rings. The van der Waals surface area contributed by atoms with Gasteiger partial charge in [0.1, 0.15) is 0 Å². The Morgan fingerprint density at radius 2 is 2.11 bits per heavy atom. The highest BCUT2D eigenvalue weighted by Crippen LogP contribution is 2.24. The zero-order chi connectivity index (χ0) is 13.4. The Bertz CT molecular complexity index is 219. The van der Waals surface area contributed by atoms with Crippen LogP contribution >= 0.6 is 0 Å². The van der Waals surface area contributed by atoms with Crippen LogP contribution in [0.4, 0.5) is 0 Å². The number of hydrogen-bond acceptors (Lipinski definition) is 3. The maximum Gasteiger partial charge on any atom is 0.0610 e. The predicted molar refractivity (Wildman–Crippen MR) is 75.8 cm³/mol. The van der Waals surface area contributed by atoms with Crippen LogP contribution in [0.25, 0.3) is 0 Å². The zero-order valence-electron chi connectivity index (χ0n) is 12.4. The van der Waals surface area contributed by atoms with E-state index in [1.165, 1.54) is 19.3 Å². The first-order chi connectivity index (χ1) is 8.59. The lowest BCUT2D eigenvalue weighted by Gasteiger charge is -2.29. The minimum atomic E-state index is -0.0871. The van der Waals surface area contributed by atoms with Crippen molar-refractivity contribution in [3.63, 3.8) is 0 Å². The van der Waals surface area contributed by atoms with Crippen molar-refractivity contribution in [3.8, 4) is 0 Å². The first-order valence-corrected chi connectivity index (χ1v) is 7.60. The average Bonchev–Trinajstić information content (AvgIpc) is 3.13. The quantitative estimate of drug-likeness (QED) is 0.559. The van der Waals surface area contributed by atoms with Gasteiger partial charge in [0, 0.05) is 18.2 Å². The topological polar surface area (TPSA) is 41.5 Å². The molecule has 1 fully saturated rings. The lowest BCUT2D eigenvalue weighted by molar-refractivity contribution is 0.0551. The molecule has 0 amide bonds. The van der Waals surface area contributed by atoms with E-state index in [-0.39, 0.29) is 12.1 Å². The van der Waals surface area contributed by atoms with E-state index >= 15 is 0 Å². The van der Waals surface area contributed by atoms with Crippen LogP contribution in [-0.2, 0) is 4.74 Å². The Morgan fingerprint density at radius 1 is 1.39 bits per heavy atom.